The molecule has 2 unspecified atom stereocenters. The number of fused-ring (bicyclic) bond motifs is 1. The number of ether oxygens (including phenoxy) is 1. The van der Waals surface area contributed by atoms with Gasteiger partial charge in [0.15, 0.2) is 6.19 Å². The smallest absolute Gasteiger partial charge is 0.211 e. The van der Waals surface area contributed by atoms with Crippen LogP contribution in [0.25, 0.3) is 0 Å². The SMILES string of the molecule is N#CNC1=NC(c2ccc(C3CNCO3)cc2)c2c(nc(N)c(C#N)c2N)N1. The molecule has 1 fully saturated rings. The van der Waals surface area contributed by atoms with E-state index in [0.29, 0.717) is 18.1 Å². The number of hydrogen-bond donors (Lipinski definition) is 5. The van der Waals surface area contributed by atoms with Crippen molar-refractivity contribution in [1.29, 1.82) is 10.5 Å². The van der Waals surface area contributed by atoms with E-state index in [4.69, 9.17) is 21.5 Å². The molecule has 0 amide bonds. The monoisotopic (exact) mass is 375 g/mol. The van der Waals surface area contributed by atoms with Crippen molar-refractivity contribution < 1.29 is 4.74 Å². The van der Waals surface area contributed by atoms with Crippen molar-refractivity contribution in [3.63, 3.8) is 0 Å². The van der Waals surface area contributed by atoms with Gasteiger partial charge in [-0.2, -0.15) is 10.5 Å². The molecule has 3 heterocycles. The second-order valence-corrected chi connectivity index (χ2v) is 6.32. The molecule has 2 aromatic rings. The zero-order valence-electron chi connectivity index (χ0n) is 14.7. The summed E-state index contributed by atoms with van der Waals surface area (Å²) >= 11 is 0. The molecule has 0 spiro atoms. The van der Waals surface area contributed by atoms with Gasteiger partial charge in [-0.1, -0.05) is 24.3 Å². The van der Waals surface area contributed by atoms with E-state index < -0.39 is 6.04 Å². The quantitative estimate of drug-likeness (QED) is 0.374. The summed E-state index contributed by atoms with van der Waals surface area (Å²) in [5, 5.41) is 26.8. The maximum Gasteiger partial charge on any atom is 0.211 e. The van der Waals surface area contributed by atoms with Crippen molar-refractivity contribution in [3.8, 4) is 12.3 Å². The third-order valence-electron chi connectivity index (χ3n) is 4.70. The van der Waals surface area contributed by atoms with Crippen LogP contribution in [0, 0.1) is 22.8 Å². The molecule has 0 aliphatic carbocycles. The second kappa shape index (κ2) is 7.04. The first-order valence-electron chi connectivity index (χ1n) is 8.53. The van der Waals surface area contributed by atoms with Gasteiger partial charge >= 0.3 is 0 Å². The summed E-state index contributed by atoms with van der Waals surface area (Å²) in [7, 11) is 0. The normalized spacial score (nSPS) is 20.3. The number of aromatic nitrogens is 1. The number of benzene rings is 1. The maximum absolute atomic E-state index is 9.37. The van der Waals surface area contributed by atoms with Gasteiger partial charge in [0.2, 0.25) is 5.96 Å². The van der Waals surface area contributed by atoms with Crippen molar-refractivity contribution in [2.24, 2.45) is 4.99 Å². The highest BCUT2D eigenvalue weighted by Crippen LogP contribution is 2.40. The van der Waals surface area contributed by atoms with E-state index in [1.165, 1.54) is 0 Å². The molecule has 140 valence electrons. The fourth-order valence-electron chi connectivity index (χ4n) is 3.34. The van der Waals surface area contributed by atoms with Crippen LogP contribution in [0.2, 0.25) is 0 Å². The van der Waals surface area contributed by atoms with Crippen molar-refractivity contribution in [2.45, 2.75) is 12.1 Å². The van der Waals surface area contributed by atoms with Gasteiger partial charge in [0.1, 0.15) is 29.3 Å². The average molecular weight is 375 g/mol. The first kappa shape index (κ1) is 17.5. The highest BCUT2D eigenvalue weighted by Gasteiger charge is 2.29. The zero-order chi connectivity index (χ0) is 19.7. The van der Waals surface area contributed by atoms with Gasteiger partial charge in [-0.3, -0.25) is 10.6 Å². The second-order valence-electron chi connectivity index (χ2n) is 6.32. The largest absolute Gasteiger partial charge is 0.397 e. The summed E-state index contributed by atoms with van der Waals surface area (Å²) < 4.78 is 5.62. The first-order valence-corrected chi connectivity index (χ1v) is 8.53. The van der Waals surface area contributed by atoms with Gasteiger partial charge < -0.3 is 21.5 Å². The zero-order valence-corrected chi connectivity index (χ0v) is 14.7. The molecule has 10 heteroatoms. The third kappa shape index (κ3) is 2.93. The lowest BCUT2D eigenvalue weighted by Gasteiger charge is -2.26. The summed E-state index contributed by atoms with van der Waals surface area (Å²) in [4.78, 5) is 8.77. The Balaban J connectivity index is 1.79. The molecule has 0 bridgehead atoms. The molecule has 1 aromatic heterocycles. The van der Waals surface area contributed by atoms with Crippen LogP contribution in [0.1, 0.15) is 34.4 Å². The molecular weight excluding hydrogens is 358 g/mol. The Hall–Kier alpha value is -3.86. The molecule has 2 atom stereocenters. The Kier molecular flexibility index (Phi) is 4.41. The van der Waals surface area contributed by atoms with Crippen LogP contribution in [0.15, 0.2) is 29.3 Å². The molecule has 2 aliphatic rings. The van der Waals surface area contributed by atoms with Crippen LogP contribution in [0.3, 0.4) is 0 Å². The maximum atomic E-state index is 9.37. The molecule has 0 saturated carbocycles. The van der Waals surface area contributed by atoms with Gasteiger partial charge in [-0.05, 0) is 11.1 Å². The van der Waals surface area contributed by atoms with Crippen LogP contribution in [-0.4, -0.2) is 24.2 Å². The Bertz CT molecular complexity index is 1030. The number of hydrogen-bond acceptors (Lipinski definition) is 10. The summed E-state index contributed by atoms with van der Waals surface area (Å²) in [6.07, 6.45) is 1.83. The number of nitrogen functional groups attached to an aromatic ring is 2. The third-order valence-corrected chi connectivity index (χ3v) is 4.70. The molecule has 1 saturated heterocycles. The Morgan fingerprint density at radius 1 is 1.18 bits per heavy atom. The molecule has 0 radical (unpaired) electrons. The van der Waals surface area contributed by atoms with Gasteiger partial charge in [-0.15, -0.1) is 0 Å². The lowest BCUT2D eigenvalue weighted by Crippen LogP contribution is -2.32. The standard InChI is InChI=1S/C18H17N9O/c19-5-11-14(21)13-15(25-18(24-7-20)27-17(13)26-16(11)22)10-3-1-9(2-4-10)12-6-23-8-28-12/h1-4,12,15,23H,6,8H2,(H6,21,22,24,25,26,27). The number of rotatable bonds is 2. The van der Waals surface area contributed by atoms with E-state index >= 15 is 0 Å². The molecular formula is C18H17N9O. The molecule has 28 heavy (non-hydrogen) atoms. The van der Waals surface area contributed by atoms with E-state index in [9.17, 15) is 5.26 Å². The van der Waals surface area contributed by atoms with Gasteiger partial charge in [-0.25, -0.2) is 9.98 Å². The minimum absolute atomic E-state index is 0.00500. The fourth-order valence-corrected chi connectivity index (χ4v) is 3.34. The van der Waals surface area contributed by atoms with Crippen LogP contribution < -0.4 is 27.4 Å². The van der Waals surface area contributed by atoms with Crippen LogP contribution in [0.4, 0.5) is 17.3 Å². The number of aliphatic imine (C=N–C) groups is 1. The topological polar surface area (TPSA) is 170 Å². The van der Waals surface area contributed by atoms with Crippen molar-refractivity contribution in [1.82, 2.24) is 15.6 Å². The molecule has 1 aromatic carbocycles. The summed E-state index contributed by atoms with van der Waals surface area (Å²) in [6, 6.07) is 9.21. The van der Waals surface area contributed by atoms with Gasteiger partial charge in [0.25, 0.3) is 0 Å². The van der Waals surface area contributed by atoms with Crippen molar-refractivity contribution in [2.75, 3.05) is 30.1 Å². The van der Waals surface area contributed by atoms with E-state index in [1.807, 2.05) is 36.5 Å². The lowest BCUT2D eigenvalue weighted by atomic mass is 9.94. The number of guanidine groups is 1. The summed E-state index contributed by atoms with van der Waals surface area (Å²) in [6.45, 7) is 1.29. The van der Waals surface area contributed by atoms with E-state index in [-0.39, 0.29) is 29.1 Å². The van der Waals surface area contributed by atoms with E-state index in [2.05, 4.69) is 25.9 Å². The number of nitriles is 2. The first-order chi connectivity index (χ1) is 13.6. The molecule has 10 nitrogen and oxygen atoms in total. The predicted molar refractivity (Wildman–Crippen MR) is 103 cm³/mol. The van der Waals surface area contributed by atoms with E-state index in [1.54, 1.807) is 0 Å². The molecule has 2 aliphatic heterocycles. The average Bonchev–Trinajstić information content (AvgIpc) is 3.23. The molecule has 4 rings (SSSR count). The van der Waals surface area contributed by atoms with Crippen LogP contribution in [0.5, 0.6) is 0 Å². The minimum atomic E-state index is -0.552. The number of nitrogens with zero attached hydrogens (tertiary/aromatic N) is 4. The number of anilines is 3. The Labute approximate surface area is 160 Å². The number of nitrogens with two attached hydrogens (primary N) is 2. The van der Waals surface area contributed by atoms with Gasteiger partial charge in [0, 0.05) is 12.1 Å². The van der Waals surface area contributed by atoms with Gasteiger partial charge in [0.05, 0.1) is 18.5 Å². The number of pyridine rings is 1. The van der Waals surface area contributed by atoms with E-state index in [0.717, 1.165) is 17.7 Å². The predicted octanol–water partition coefficient (Wildman–Crippen LogP) is 0.678. The summed E-state index contributed by atoms with van der Waals surface area (Å²) in [5.41, 5.74) is 14.8. The summed E-state index contributed by atoms with van der Waals surface area (Å²) in [5.74, 6) is 0.604. The van der Waals surface area contributed by atoms with Crippen molar-refractivity contribution in [3.05, 3.63) is 46.5 Å². The Morgan fingerprint density at radius 3 is 2.57 bits per heavy atom. The number of nitrogens with one attached hydrogen (secondary N) is 3. The molecule has 7 N–H and O–H groups in total. The highest BCUT2D eigenvalue weighted by molar-refractivity contribution is 5.98. The van der Waals surface area contributed by atoms with Crippen LogP contribution >= 0.6 is 0 Å². The highest BCUT2D eigenvalue weighted by atomic mass is 16.5. The minimum Gasteiger partial charge on any atom is -0.397 e. The lowest BCUT2D eigenvalue weighted by molar-refractivity contribution is 0.114. The van der Waals surface area contributed by atoms with Crippen molar-refractivity contribution >= 4 is 23.3 Å². The van der Waals surface area contributed by atoms with Crippen LogP contribution in [-0.2, 0) is 4.74 Å². The fraction of sp³-hybridized carbons (Fsp3) is 0.222. The Morgan fingerprint density at radius 2 is 1.93 bits per heavy atom.